The van der Waals surface area contributed by atoms with Crippen LogP contribution in [0.25, 0.3) is 5.65 Å². The first-order valence-electron chi connectivity index (χ1n) is 7.93. The minimum Gasteiger partial charge on any atom is -0.367 e. The van der Waals surface area contributed by atoms with Gasteiger partial charge in [0, 0.05) is 25.0 Å². The maximum Gasteiger partial charge on any atom is 0.203 e. The van der Waals surface area contributed by atoms with Crippen LogP contribution in [-0.4, -0.2) is 50.7 Å². The molecule has 6 heteroatoms. The largest absolute Gasteiger partial charge is 0.367 e. The van der Waals surface area contributed by atoms with Gasteiger partial charge in [0.2, 0.25) is 5.65 Å². The number of anilines is 1. The van der Waals surface area contributed by atoms with E-state index in [0.717, 1.165) is 37.0 Å². The van der Waals surface area contributed by atoms with E-state index >= 15 is 0 Å². The Morgan fingerprint density at radius 1 is 1.33 bits per heavy atom. The van der Waals surface area contributed by atoms with Gasteiger partial charge in [-0.1, -0.05) is 19.3 Å². The molecule has 3 rings (SSSR count). The number of nitrogens with zero attached hydrogens (tertiary/aromatic N) is 5. The van der Waals surface area contributed by atoms with Gasteiger partial charge in [0.05, 0.1) is 0 Å². The summed E-state index contributed by atoms with van der Waals surface area (Å²) >= 11 is 0. The van der Waals surface area contributed by atoms with Crippen molar-refractivity contribution >= 4 is 11.5 Å². The van der Waals surface area contributed by atoms with E-state index in [2.05, 4.69) is 32.4 Å². The van der Waals surface area contributed by atoms with E-state index in [9.17, 15) is 0 Å². The molecule has 114 valence electrons. The Morgan fingerprint density at radius 3 is 3.05 bits per heavy atom. The van der Waals surface area contributed by atoms with Crippen molar-refractivity contribution < 1.29 is 0 Å². The van der Waals surface area contributed by atoms with Crippen LogP contribution in [0.15, 0.2) is 18.7 Å². The van der Waals surface area contributed by atoms with Crippen LogP contribution in [0, 0.1) is 0 Å². The number of rotatable bonds is 6. The van der Waals surface area contributed by atoms with Gasteiger partial charge < -0.3 is 10.2 Å². The van der Waals surface area contributed by atoms with E-state index in [4.69, 9.17) is 0 Å². The van der Waals surface area contributed by atoms with Crippen molar-refractivity contribution in [3.05, 3.63) is 18.7 Å². The Morgan fingerprint density at radius 2 is 2.19 bits per heavy atom. The van der Waals surface area contributed by atoms with Crippen LogP contribution >= 0.6 is 0 Å². The maximum atomic E-state index is 4.34. The van der Waals surface area contributed by atoms with E-state index in [0.29, 0.717) is 0 Å². The summed E-state index contributed by atoms with van der Waals surface area (Å²) < 4.78 is 1.88. The van der Waals surface area contributed by atoms with Gasteiger partial charge in [-0.05, 0) is 32.9 Å². The molecule has 1 N–H and O–H groups in total. The fraction of sp³-hybridized carbons (Fsp3) is 0.667. The lowest BCUT2D eigenvalue weighted by molar-refractivity contribution is 0.191. The molecule has 2 heterocycles. The summed E-state index contributed by atoms with van der Waals surface area (Å²) in [6.07, 6.45) is 13.4. The Hall–Kier alpha value is -1.69. The normalized spacial score (nSPS) is 16.7. The van der Waals surface area contributed by atoms with E-state index in [1.54, 1.807) is 12.5 Å². The van der Waals surface area contributed by atoms with Crippen molar-refractivity contribution in [2.45, 2.75) is 44.6 Å². The predicted molar refractivity (Wildman–Crippen MR) is 83.4 cm³/mol. The third-order valence-electron chi connectivity index (χ3n) is 4.39. The maximum absolute atomic E-state index is 4.34. The van der Waals surface area contributed by atoms with Crippen LogP contribution in [-0.2, 0) is 0 Å². The average molecular weight is 288 g/mol. The Labute approximate surface area is 125 Å². The topological polar surface area (TPSA) is 58.4 Å². The SMILES string of the molecule is CN(CCCNc1nccn2cnnc12)C1CCCCC1. The van der Waals surface area contributed by atoms with Crippen LogP contribution in [0.1, 0.15) is 38.5 Å². The highest BCUT2D eigenvalue weighted by molar-refractivity contribution is 5.61. The van der Waals surface area contributed by atoms with Gasteiger partial charge in [0.15, 0.2) is 5.82 Å². The number of hydrogen-bond acceptors (Lipinski definition) is 5. The summed E-state index contributed by atoms with van der Waals surface area (Å²) in [4.78, 5) is 6.86. The number of aromatic nitrogens is 4. The van der Waals surface area contributed by atoms with E-state index in [1.165, 1.54) is 32.1 Å². The molecule has 0 amide bonds. The molecular weight excluding hydrogens is 264 g/mol. The predicted octanol–water partition coefficient (Wildman–Crippen LogP) is 2.19. The van der Waals surface area contributed by atoms with E-state index in [-0.39, 0.29) is 0 Å². The van der Waals surface area contributed by atoms with Gasteiger partial charge in [0.25, 0.3) is 0 Å². The first-order chi connectivity index (χ1) is 10.3. The lowest BCUT2D eigenvalue weighted by atomic mass is 9.94. The van der Waals surface area contributed by atoms with Crippen LogP contribution < -0.4 is 5.32 Å². The molecule has 1 saturated carbocycles. The van der Waals surface area contributed by atoms with E-state index < -0.39 is 0 Å². The van der Waals surface area contributed by atoms with Crippen molar-refractivity contribution in [1.82, 2.24) is 24.5 Å². The van der Waals surface area contributed by atoms with Crippen molar-refractivity contribution in [2.24, 2.45) is 0 Å². The van der Waals surface area contributed by atoms with Gasteiger partial charge in [-0.15, -0.1) is 10.2 Å². The second kappa shape index (κ2) is 6.85. The number of hydrogen-bond donors (Lipinski definition) is 1. The zero-order chi connectivity index (χ0) is 14.5. The Kier molecular flexibility index (Phi) is 4.65. The van der Waals surface area contributed by atoms with Crippen molar-refractivity contribution in [2.75, 3.05) is 25.5 Å². The van der Waals surface area contributed by atoms with E-state index in [1.807, 2.05) is 10.6 Å². The summed E-state index contributed by atoms with van der Waals surface area (Å²) in [7, 11) is 2.26. The molecule has 1 aliphatic carbocycles. The zero-order valence-corrected chi connectivity index (χ0v) is 12.7. The minimum absolute atomic E-state index is 0.789. The van der Waals surface area contributed by atoms with Gasteiger partial charge in [0.1, 0.15) is 6.33 Å². The lowest BCUT2D eigenvalue weighted by Crippen LogP contribution is -2.34. The van der Waals surface area contributed by atoms with Gasteiger partial charge in [-0.3, -0.25) is 4.40 Å². The highest BCUT2D eigenvalue weighted by Crippen LogP contribution is 2.21. The molecule has 0 atom stereocenters. The molecule has 2 aromatic heterocycles. The summed E-state index contributed by atoms with van der Waals surface area (Å²) in [5.41, 5.74) is 0.790. The fourth-order valence-corrected chi connectivity index (χ4v) is 3.12. The molecule has 6 nitrogen and oxygen atoms in total. The smallest absolute Gasteiger partial charge is 0.203 e. The molecule has 21 heavy (non-hydrogen) atoms. The Balaban J connectivity index is 1.44. The molecular formula is C15H24N6. The van der Waals surface area contributed by atoms with Crippen molar-refractivity contribution in [1.29, 1.82) is 0 Å². The molecule has 0 bridgehead atoms. The minimum atomic E-state index is 0.789. The molecule has 0 radical (unpaired) electrons. The molecule has 1 aliphatic rings. The molecule has 0 unspecified atom stereocenters. The summed E-state index contributed by atoms with van der Waals surface area (Å²) in [5, 5.41) is 11.4. The van der Waals surface area contributed by atoms with Crippen LogP contribution in [0.3, 0.4) is 0 Å². The van der Waals surface area contributed by atoms with Gasteiger partial charge in [-0.25, -0.2) is 4.98 Å². The quantitative estimate of drug-likeness (QED) is 0.826. The first-order valence-corrected chi connectivity index (χ1v) is 7.93. The lowest BCUT2D eigenvalue weighted by Gasteiger charge is -2.31. The highest BCUT2D eigenvalue weighted by atomic mass is 15.2. The standard InChI is InChI=1S/C15H24N6/c1-20(13-6-3-2-4-7-13)10-5-8-16-14-15-19-18-12-21(15)11-9-17-14/h9,11-13H,2-8,10H2,1H3,(H,16,17). The summed E-state index contributed by atoms with van der Waals surface area (Å²) in [5.74, 6) is 0.815. The molecule has 0 spiro atoms. The molecule has 0 aromatic carbocycles. The number of nitrogens with one attached hydrogen (secondary N) is 1. The second-order valence-corrected chi connectivity index (χ2v) is 5.89. The highest BCUT2D eigenvalue weighted by Gasteiger charge is 2.17. The molecule has 0 saturated heterocycles. The Bertz CT molecular complexity index is 560. The van der Waals surface area contributed by atoms with Crippen LogP contribution in [0.2, 0.25) is 0 Å². The number of fused-ring (bicyclic) bond motifs is 1. The van der Waals surface area contributed by atoms with Crippen LogP contribution in [0.5, 0.6) is 0 Å². The second-order valence-electron chi connectivity index (χ2n) is 5.89. The van der Waals surface area contributed by atoms with Crippen LogP contribution in [0.4, 0.5) is 5.82 Å². The third kappa shape index (κ3) is 3.50. The third-order valence-corrected chi connectivity index (χ3v) is 4.39. The van der Waals surface area contributed by atoms with Crippen molar-refractivity contribution in [3.63, 3.8) is 0 Å². The van der Waals surface area contributed by atoms with Gasteiger partial charge in [-0.2, -0.15) is 0 Å². The fourth-order valence-electron chi connectivity index (χ4n) is 3.12. The van der Waals surface area contributed by atoms with Crippen molar-refractivity contribution in [3.8, 4) is 0 Å². The molecule has 2 aromatic rings. The average Bonchev–Trinajstić information content (AvgIpc) is 3.01. The zero-order valence-electron chi connectivity index (χ0n) is 12.7. The molecule has 0 aliphatic heterocycles. The monoisotopic (exact) mass is 288 g/mol. The summed E-state index contributed by atoms with van der Waals surface area (Å²) in [6.45, 7) is 2.05. The van der Waals surface area contributed by atoms with Gasteiger partial charge >= 0.3 is 0 Å². The first kappa shape index (κ1) is 14.3. The molecule has 1 fully saturated rings. The summed E-state index contributed by atoms with van der Waals surface area (Å²) in [6, 6.07) is 0.789.